The Morgan fingerprint density at radius 3 is 2.38 bits per heavy atom. The summed E-state index contributed by atoms with van der Waals surface area (Å²) >= 11 is 0. The molecule has 16 heavy (non-hydrogen) atoms. The second kappa shape index (κ2) is 6.24. The molecule has 0 aromatic heterocycles. The molecule has 0 spiro atoms. The van der Waals surface area contributed by atoms with E-state index in [4.69, 9.17) is 0 Å². The van der Waals surface area contributed by atoms with Gasteiger partial charge in [0.2, 0.25) is 6.41 Å². The van der Waals surface area contributed by atoms with Crippen LogP contribution in [-0.2, 0) is 4.79 Å². The normalized spacial score (nSPS) is 24.2. The molecule has 1 saturated heterocycles. The van der Waals surface area contributed by atoms with Gasteiger partial charge in [-0.3, -0.25) is 4.79 Å². The molecular formula is C13H24N2O. The van der Waals surface area contributed by atoms with Gasteiger partial charge in [-0.25, -0.2) is 0 Å². The Hall–Kier alpha value is -0.570. The van der Waals surface area contributed by atoms with Crippen molar-refractivity contribution in [3.05, 3.63) is 0 Å². The Morgan fingerprint density at radius 1 is 1.06 bits per heavy atom. The van der Waals surface area contributed by atoms with E-state index in [2.05, 4.69) is 10.2 Å². The van der Waals surface area contributed by atoms with Crippen molar-refractivity contribution < 1.29 is 4.79 Å². The largest absolute Gasteiger partial charge is 0.342 e. The minimum atomic E-state index is 0.543. The summed E-state index contributed by atoms with van der Waals surface area (Å²) < 4.78 is 0. The van der Waals surface area contributed by atoms with E-state index in [1.165, 1.54) is 44.9 Å². The highest BCUT2D eigenvalue weighted by Gasteiger charge is 2.23. The highest BCUT2D eigenvalue weighted by Crippen LogP contribution is 2.23. The molecule has 2 fully saturated rings. The Labute approximate surface area is 98.6 Å². The van der Waals surface area contributed by atoms with E-state index in [0.717, 1.165) is 32.0 Å². The summed E-state index contributed by atoms with van der Waals surface area (Å²) in [6.45, 7) is 3.25. The van der Waals surface area contributed by atoms with Gasteiger partial charge in [-0.2, -0.15) is 0 Å². The zero-order chi connectivity index (χ0) is 11.2. The smallest absolute Gasteiger partial charge is 0.209 e. The number of nitrogens with one attached hydrogen (secondary N) is 1. The molecule has 0 aromatic rings. The monoisotopic (exact) mass is 224 g/mol. The third-order valence-corrected chi connectivity index (χ3v) is 4.11. The number of carbonyl (C=O) groups excluding carboxylic acids is 1. The predicted octanol–water partition coefficient (Wildman–Crippen LogP) is 1.78. The molecule has 3 heteroatoms. The van der Waals surface area contributed by atoms with Crippen LogP contribution in [0.3, 0.4) is 0 Å². The first-order chi connectivity index (χ1) is 7.90. The summed E-state index contributed by atoms with van der Waals surface area (Å²) in [5, 5.41) is 3.38. The molecule has 0 bridgehead atoms. The molecule has 1 N–H and O–H groups in total. The summed E-state index contributed by atoms with van der Waals surface area (Å²) in [5.74, 6) is 0.730. The number of carbonyl (C=O) groups is 1. The van der Waals surface area contributed by atoms with Crippen molar-refractivity contribution in [1.29, 1.82) is 0 Å². The Balaban J connectivity index is 1.81. The van der Waals surface area contributed by atoms with E-state index in [9.17, 15) is 4.79 Å². The van der Waals surface area contributed by atoms with Crippen LogP contribution >= 0.6 is 0 Å². The van der Waals surface area contributed by atoms with Crippen LogP contribution in [0.4, 0.5) is 0 Å². The first-order valence-corrected chi connectivity index (χ1v) is 6.82. The van der Waals surface area contributed by atoms with E-state index < -0.39 is 0 Å². The lowest BCUT2D eigenvalue weighted by Gasteiger charge is -2.35. The molecule has 1 amide bonds. The molecule has 2 rings (SSSR count). The fourth-order valence-corrected chi connectivity index (χ4v) is 3.05. The molecule has 2 aliphatic rings. The topological polar surface area (TPSA) is 32.3 Å². The van der Waals surface area contributed by atoms with Gasteiger partial charge in [0.25, 0.3) is 0 Å². The van der Waals surface area contributed by atoms with Gasteiger partial charge < -0.3 is 10.2 Å². The number of hydrogen-bond donors (Lipinski definition) is 1. The van der Waals surface area contributed by atoms with E-state index in [1.807, 2.05) is 0 Å². The number of nitrogens with zero attached hydrogens (tertiary/aromatic N) is 1. The fourth-order valence-electron chi connectivity index (χ4n) is 3.05. The maximum atomic E-state index is 11.2. The van der Waals surface area contributed by atoms with Crippen molar-refractivity contribution in [2.45, 2.75) is 51.0 Å². The molecule has 0 atom stereocenters. The van der Waals surface area contributed by atoms with Crippen LogP contribution in [0.2, 0.25) is 0 Å². The summed E-state index contributed by atoms with van der Waals surface area (Å²) in [6, 6.07) is 0.543. The van der Waals surface area contributed by atoms with E-state index in [1.54, 1.807) is 0 Å². The third kappa shape index (κ3) is 3.21. The van der Waals surface area contributed by atoms with Crippen molar-refractivity contribution in [2.75, 3.05) is 19.6 Å². The van der Waals surface area contributed by atoms with Crippen LogP contribution in [0.15, 0.2) is 0 Å². The second-order valence-electron chi connectivity index (χ2n) is 5.29. The van der Waals surface area contributed by atoms with Crippen LogP contribution in [0.1, 0.15) is 44.9 Å². The Bertz CT molecular complexity index is 208. The Morgan fingerprint density at radius 2 is 1.75 bits per heavy atom. The van der Waals surface area contributed by atoms with Crippen LogP contribution in [0.25, 0.3) is 0 Å². The first-order valence-electron chi connectivity index (χ1n) is 6.82. The molecule has 3 nitrogen and oxygen atoms in total. The molecule has 1 aliphatic heterocycles. The molecule has 0 aromatic carbocycles. The van der Waals surface area contributed by atoms with Gasteiger partial charge in [0.05, 0.1) is 0 Å². The van der Waals surface area contributed by atoms with Crippen molar-refractivity contribution in [1.82, 2.24) is 10.2 Å². The lowest BCUT2D eigenvalue weighted by atomic mass is 9.92. The molecule has 92 valence electrons. The standard InChI is InChI=1S/C13H24N2O/c16-11-15(13-4-2-1-3-5-13)10-12-6-8-14-9-7-12/h11-14H,1-10H2. The molecule has 1 aliphatic carbocycles. The van der Waals surface area contributed by atoms with Gasteiger partial charge in [0, 0.05) is 12.6 Å². The van der Waals surface area contributed by atoms with Crippen molar-refractivity contribution >= 4 is 6.41 Å². The van der Waals surface area contributed by atoms with Gasteiger partial charge in [-0.15, -0.1) is 0 Å². The SMILES string of the molecule is O=CN(CC1CCNCC1)C1CCCCC1. The fraction of sp³-hybridized carbons (Fsp3) is 0.923. The van der Waals surface area contributed by atoms with Gasteiger partial charge in [0.1, 0.15) is 0 Å². The van der Waals surface area contributed by atoms with Crippen LogP contribution in [-0.4, -0.2) is 37.0 Å². The lowest BCUT2D eigenvalue weighted by molar-refractivity contribution is -0.121. The second-order valence-corrected chi connectivity index (χ2v) is 5.29. The highest BCUT2D eigenvalue weighted by atomic mass is 16.1. The minimum Gasteiger partial charge on any atom is -0.342 e. The summed E-state index contributed by atoms with van der Waals surface area (Å²) in [4.78, 5) is 13.3. The highest BCUT2D eigenvalue weighted by molar-refractivity contribution is 5.47. The van der Waals surface area contributed by atoms with Crippen LogP contribution < -0.4 is 5.32 Å². The number of piperidine rings is 1. The zero-order valence-corrected chi connectivity index (χ0v) is 10.2. The molecule has 1 heterocycles. The zero-order valence-electron chi connectivity index (χ0n) is 10.2. The van der Waals surface area contributed by atoms with Crippen LogP contribution in [0.5, 0.6) is 0 Å². The average molecular weight is 224 g/mol. The lowest BCUT2D eigenvalue weighted by Crippen LogP contribution is -2.41. The van der Waals surface area contributed by atoms with Gasteiger partial charge in [0.15, 0.2) is 0 Å². The van der Waals surface area contributed by atoms with Crippen molar-refractivity contribution in [3.63, 3.8) is 0 Å². The molecule has 0 radical (unpaired) electrons. The number of rotatable bonds is 4. The first kappa shape index (κ1) is 11.9. The quantitative estimate of drug-likeness (QED) is 0.738. The van der Waals surface area contributed by atoms with E-state index >= 15 is 0 Å². The maximum Gasteiger partial charge on any atom is 0.209 e. The predicted molar refractivity (Wildman–Crippen MR) is 65.2 cm³/mol. The average Bonchev–Trinajstić information content (AvgIpc) is 2.38. The van der Waals surface area contributed by atoms with Crippen molar-refractivity contribution in [3.8, 4) is 0 Å². The number of hydrogen-bond acceptors (Lipinski definition) is 2. The number of amides is 1. The maximum absolute atomic E-state index is 11.2. The summed E-state index contributed by atoms with van der Waals surface area (Å²) in [7, 11) is 0. The molecule has 1 saturated carbocycles. The van der Waals surface area contributed by atoms with Gasteiger partial charge in [-0.05, 0) is 44.7 Å². The minimum absolute atomic E-state index is 0.543. The van der Waals surface area contributed by atoms with E-state index in [-0.39, 0.29) is 0 Å². The van der Waals surface area contributed by atoms with Gasteiger partial charge in [-0.1, -0.05) is 19.3 Å². The third-order valence-electron chi connectivity index (χ3n) is 4.11. The van der Waals surface area contributed by atoms with Crippen molar-refractivity contribution in [2.24, 2.45) is 5.92 Å². The van der Waals surface area contributed by atoms with Gasteiger partial charge >= 0.3 is 0 Å². The van der Waals surface area contributed by atoms with E-state index in [0.29, 0.717) is 6.04 Å². The molecule has 0 unspecified atom stereocenters. The molecular weight excluding hydrogens is 200 g/mol. The van der Waals surface area contributed by atoms with Crippen LogP contribution in [0, 0.1) is 5.92 Å². The summed E-state index contributed by atoms with van der Waals surface area (Å²) in [5.41, 5.74) is 0. The Kier molecular flexibility index (Phi) is 4.64. The summed E-state index contributed by atoms with van der Waals surface area (Å²) in [6.07, 6.45) is 9.98.